The summed E-state index contributed by atoms with van der Waals surface area (Å²) in [5.41, 5.74) is 4.25. The van der Waals surface area contributed by atoms with Gasteiger partial charge in [-0.3, -0.25) is 9.27 Å². The summed E-state index contributed by atoms with van der Waals surface area (Å²) in [6.45, 7) is 2.12. The predicted octanol–water partition coefficient (Wildman–Crippen LogP) is 3.90. The molecule has 0 spiro atoms. The highest BCUT2D eigenvalue weighted by atomic mass is 32.2. The minimum absolute atomic E-state index is 0.373. The van der Waals surface area contributed by atoms with Gasteiger partial charge in [0.15, 0.2) is 0 Å². The molecule has 1 heterocycles. The van der Waals surface area contributed by atoms with Crippen LogP contribution in [0.1, 0.15) is 42.4 Å². The van der Waals surface area contributed by atoms with Gasteiger partial charge in [0.25, 0.3) is 0 Å². The summed E-state index contributed by atoms with van der Waals surface area (Å²) in [5.74, 6) is 0. The van der Waals surface area contributed by atoms with Gasteiger partial charge in [-0.25, -0.2) is 0 Å². The van der Waals surface area contributed by atoms with Crippen molar-refractivity contribution >= 4 is 16.0 Å². The van der Waals surface area contributed by atoms with E-state index >= 15 is 0 Å². The Hall–Kier alpha value is -1.89. The van der Waals surface area contributed by atoms with Gasteiger partial charge in [0.1, 0.15) is 0 Å². The molecule has 6 heteroatoms. The third kappa shape index (κ3) is 6.65. The predicted molar refractivity (Wildman–Crippen MR) is 109 cm³/mol. The number of anilines is 1. The fourth-order valence-electron chi connectivity index (χ4n) is 3.74. The zero-order valence-electron chi connectivity index (χ0n) is 15.7. The lowest BCUT2D eigenvalue weighted by atomic mass is 10.0. The van der Waals surface area contributed by atoms with E-state index in [1.807, 2.05) is 12.1 Å². The summed E-state index contributed by atoms with van der Waals surface area (Å²) in [5, 5.41) is 3.77. The molecular formula is C21H28N2O3S. The summed E-state index contributed by atoms with van der Waals surface area (Å²) >= 11 is 0. The lowest BCUT2D eigenvalue weighted by Gasteiger charge is -2.15. The fourth-order valence-corrected chi connectivity index (χ4v) is 4.17. The second-order valence-electron chi connectivity index (χ2n) is 7.49. The summed E-state index contributed by atoms with van der Waals surface area (Å²) in [7, 11) is -4.21. The molecule has 3 rings (SSSR count). The van der Waals surface area contributed by atoms with Gasteiger partial charge < -0.3 is 5.32 Å². The van der Waals surface area contributed by atoms with Crippen LogP contribution in [-0.2, 0) is 23.1 Å². The first-order chi connectivity index (χ1) is 12.9. The molecule has 5 nitrogen and oxygen atoms in total. The Kier molecular flexibility index (Phi) is 6.52. The number of nitrogens with one attached hydrogen (secondary N) is 2. The highest BCUT2D eigenvalue weighted by Gasteiger charge is 2.23. The number of aryl methyl sites for hydroxylation is 2. The molecule has 3 N–H and O–H groups in total. The van der Waals surface area contributed by atoms with Crippen molar-refractivity contribution in [2.45, 2.75) is 57.5 Å². The molecule has 0 amide bonds. The second kappa shape index (κ2) is 8.87. The standard InChI is InChI=1S/C21H28N2O3S/c1-16-5-7-18(8-6-16)15-21-14-13-19(22-21)4-2-3-17-9-11-20(12-10-17)23-27(24,25)26/h5-12,19,21-23H,2-4,13-15H2,1H3,(H,24,25,26). The van der Waals surface area contributed by atoms with Crippen LogP contribution in [0.5, 0.6) is 0 Å². The van der Waals surface area contributed by atoms with Crippen molar-refractivity contribution in [1.82, 2.24) is 5.32 Å². The Labute approximate surface area is 162 Å². The Morgan fingerprint density at radius 2 is 1.63 bits per heavy atom. The van der Waals surface area contributed by atoms with Crippen LogP contribution in [-0.4, -0.2) is 25.1 Å². The molecule has 1 aliphatic rings. The summed E-state index contributed by atoms with van der Waals surface area (Å²) in [6, 6.07) is 17.1. The zero-order chi connectivity index (χ0) is 19.3. The van der Waals surface area contributed by atoms with E-state index in [-0.39, 0.29) is 0 Å². The molecule has 1 saturated heterocycles. The largest absolute Gasteiger partial charge is 0.357 e. The monoisotopic (exact) mass is 388 g/mol. The van der Waals surface area contributed by atoms with Gasteiger partial charge in [-0.05, 0) is 68.7 Å². The fraction of sp³-hybridized carbons (Fsp3) is 0.429. The average Bonchev–Trinajstić information content (AvgIpc) is 3.05. The molecule has 0 aliphatic carbocycles. The van der Waals surface area contributed by atoms with Gasteiger partial charge in [-0.15, -0.1) is 0 Å². The minimum Gasteiger partial charge on any atom is -0.311 e. The molecule has 2 atom stereocenters. The lowest BCUT2D eigenvalue weighted by Crippen LogP contribution is -2.30. The smallest absolute Gasteiger partial charge is 0.311 e. The molecule has 146 valence electrons. The van der Waals surface area contributed by atoms with E-state index in [9.17, 15) is 8.42 Å². The molecule has 1 fully saturated rings. The van der Waals surface area contributed by atoms with Crippen LogP contribution < -0.4 is 10.0 Å². The van der Waals surface area contributed by atoms with Crippen LogP contribution >= 0.6 is 0 Å². The van der Waals surface area contributed by atoms with Crippen molar-refractivity contribution in [2.24, 2.45) is 0 Å². The van der Waals surface area contributed by atoms with Crippen molar-refractivity contribution in [3.63, 3.8) is 0 Å². The maximum absolute atomic E-state index is 10.8. The van der Waals surface area contributed by atoms with Crippen molar-refractivity contribution < 1.29 is 13.0 Å². The molecule has 1 aliphatic heterocycles. The lowest BCUT2D eigenvalue weighted by molar-refractivity contribution is 0.489. The number of hydrogen-bond donors (Lipinski definition) is 3. The Morgan fingerprint density at radius 3 is 2.30 bits per heavy atom. The van der Waals surface area contributed by atoms with Crippen LogP contribution in [0.3, 0.4) is 0 Å². The van der Waals surface area contributed by atoms with E-state index in [0.717, 1.165) is 25.7 Å². The van der Waals surface area contributed by atoms with Crippen LogP contribution in [0.4, 0.5) is 5.69 Å². The highest BCUT2D eigenvalue weighted by molar-refractivity contribution is 7.87. The molecule has 27 heavy (non-hydrogen) atoms. The van der Waals surface area contributed by atoms with Crippen molar-refractivity contribution in [1.29, 1.82) is 0 Å². The highest BCUT2D eigenvalue weighted by Crippen LogP contribution is 2.21. The maximum atomic E-state index is 10.8. The van der Waals surface area contributed by atoms with Gasteiger partial charge >= 0.3 is 10.3 Å². The molecule has 2 aromatic carbocycles. The third-order valence-electron chi connectivity index (χ3n) is 5.16. The van der Waals surface area contributed by atoms with E-state index < -0.39 is 10.3 Å². The van der Waals surface area contributed by atoms with Crippen LogP contribution in [0, 0.1) is 6.92 Å². The molecule has 2 unspecified atom stereocenters. The summed E-state index contributed by atoms with van der Waals surface area (Å²) in [4.78, 5) is 0. The number of benzene rings is 2. The van der Waals surface area contributed by atoms with Crippen LogP contribution in [0.25, 0.3) is 0 Å². The SMILES string of the molecule is Cc1ccc(CC2CCC(CCCc3ccc(NS(=O)(=O)O)cc3)N2)cc1. The maximum Gasteiger partial charge on any atom is 0.357 e. The normalized spacial score (nSPS) is 19.9. The van der Waals surface area contributed by atoms with Crippen molar-refractivity contribution in [2.75, 3.05) is 4.72 Å². The van der Waals surface area contributed by atoms with E-state index in [1.165, 1.54) is 29.5 Å². The Bertz CT molecular complexity index is 833. The van der Waals surface area contributed by atoms with Crippen molar-refractivity contribution in [3.8, 4) is 0 Å². The topological polar surface area (TPSA) is 78.4 Å². The van der Waals surface area contributed by atoms with Gasteiger partial charge in [0.2, 0.25) is 0 Å². The summed E-state index contributed by atoms with van der Waals surface area (Å²) in [6.07, 6.45) is 6.77. The van der Waals surface area contributed by atoms with E-state index in [2.05, 4.69) is 41.2 Å². The zero-order valence-corrected chi connectivity index (χ0v) is 16.5. The van der Waals surface area contributed by atoms with Gasteiger partial charge in [0.05, 0.1) is 5.69 Å². The van der Waals surface area contributed by atoms with Crippen molar-refractivity contribution in [3.05, 3.63) is 65.2 Å². The van der Waals surface area contributed by atoms with Gasteiger partial charge in [-0.2, -0.15) is 8.42 Å². The molecule has 0 saturated carbocycles. The van der Waals surface area contributed by atoms with E-state index in [1.54, 1.807) is 12.1 Å². The third-order valence-corrected chi connectivity index (χ3v) is 5.65. The Balaban J connectivity index is 1.39. The van der Waals surface area contributed by atoms with Gasteiger partial charge in [0, 0.05) is 12.1 Å². The van der Waals surface area contributed by atoms with E-state index in [0.29, 0.717) is 17.8 Å². The second-order valence-corrected chi connectivity index (χ2v) is 8.65. The first-order valence-corrected chi connectivity index (χ1v) is 11.0. The Morgan fingerprint density at radius 1 is 1.00 bits per heavy atom. The molecule has 2 aromatic rings. The number of rotatable bonds is 8. The average molecular weight is 389 g/mol. The number of hydrogen-bond acceptors (Lipinski definition) is 3. The summed E-state index contributed by atoms with van der Waals surface area (Å²) < 4.78 is 32.4. The minimum atomic E-state index is -4.21. The van der Waals surface area contributed by atoms with Gasteiger partial charge in [-0.1, -0.05) is 42.0 Å². The van der Waals surface area contributed by atoms with Crippen LogP contribution in [0.2, 0.25) is 0 Å². The van der Waals surface area contributed by atoms with Crippen LogP contribution in [0.15, 0.2) is 48.5 Å². The first kappa shape index (κ1) is 19.9. The quantitative estimate of drug-likeness (QED) is 0.600. The van der Waals surface area contributed by atoms with E-state index in [4.69, 9.17) is 4.55 Å². The molecule has 0 bridgehead atoms. The molecular weight excluding hydrogens is 360 g/mol. The molecule has 0 aromatic heterocycles. The first-order valence-electron chi connectivity index (χ1n) is 9.53. The molecule has 0 radical (unpaired) electrons.